The van der Waals surface area contributed by atoms with E-state index in [1.165, 1.54) is 28.7 Å². The fourth-order valence-electron chi connectivity index (χ4n) is 2.26. The number of nitrogens with zero attached hydrogens (tertiary/aromatic N) is 2. The second-order valence-electron chi connectivity index (χ2n) is 5.72. The SMILES string of the molecule is COc1ccc(C(=O)[C@H](C)Sc2nnc(Nc3ccc(C)cc3)s2)cc1. The van der Waals surface area contributed by atoms with Gasteiger partial charge in [0.15, 0.2) is 10.1 Å². The molecule has 1 heterocycles. The minimum Gasteiger partial charge on any atom is -0.497 e. The van der Waals surface area contributed by atoms with E-state index in [2.05, 4.69) is 15.5 Å². The topological polar surface area (TPSA) is 64.1 Å². The van der Waals surface area contributed by atoms with Crippen molar-refractivity contribution >= 4 is 39.7 Å². The number of thioether (sulfide) groups is 1. The Balaban J connectivity index is 1.62. The Morgan fingerprint density at radius 1 is 1.12 bits per heavy atom. The zero-order chi connectivity index (χ0) is 18.5. The fourth-order valence-corrected chi connectivity index (χ4v) is 4.26. The molecule has 5 nitrogen and oxygen atoms in total. The highest BCUT2D eigenvalue weighted by atomic mass is 32.2. The third-order valence-corrected chi connectivity index (χ3v) is 5.75. The Morgan fingerprint density at radius 2 is 1.81 bits per heavy atom. The number of rotatable bonds is 7. The van der Waals surface area contributed by atoms with E-state index in [0.717, 1.165) is 15.8 Å². The molecule has 0 saturated carbocycles. The monoisotopic (exact) mass is 385 g/mol. The Labute approximate surface area is 160 Å². The summed E-state index contributed by atoms with van der Waals surface area (Å²) in [5, 5.41) is 12.0. The number of nitrogens with one attached hydrogen (secondary N) is 1. The number of hydrogen-bond acceptors (Lipinski definition) is 7. The molecule has 0 radical (unpaired) electrons. The van der Waals surface area contributed by atoms with Crippen molar-refractivity contribution < 1.29 is 9.53 Å². The van der Waals surface area contributed by atoms with Crippen LogP contribution in [0.4, 0.5) is 10.8 Å². The molecule has 0 saturated heterocycles. The molecular weight excluding hydrogens is 366 g/mol. The second kappa shape index (κ2) is 8.33. The van der Waals surface area contributed by atoms with Crippen LogP contribution in [0.2, 0.25) is 0 Å². The van der Waals surface area contributed by atoms with Crippen molar-refractivity contribution in [1.29, 1.82) is 0 Å². The van der Waals surface area contributed by atoms with Crippen molar-refractivity contribution in [2.75, 3.05) is 12.4 Å². The largest absolute Gasteiger partial charge is 0.497 e. The highest BCUT2D eigenvalue weighted by Gasteiger charge is 2.19. The van der Waals surface area contributed by atoms with Crippen molar-refractivity contribution in [2.45, 2.75) is 23.4 Å². The third-order valence-electron chi connectivity index (χ3n) is 3.73. The van der Waals surface area contributed by atoms with E-state index in [9.17, 15) is 4.79 Å². The maximum atomic E-state index is 12.6. The summed E-state index contributed by atoms with van der Waals surface area (Å²) in [6.07, 6.45) is 0. The molecular formula is C19H19N3O2S2. The predicted octanol–water partition coefficient (Wildman–Crippen LogP) is 4.96. The molecule has 0 fully saturated rings. The first kappa shape index (κ1) is 18.4. The van der Waals surface area contributed by atoms with Crippen molar-refractivity contribution in [3.05, 3.63) is 59.7 Å². The molecule has 0 unspecified atom stereocenters. The molecule has 3 rings (SSSR count). The molecule has 0 aliphatic carbocycles. The summed E-state index contributed by atoms with van der Waals surface area (Å²) in [4.78, 5) is 12.6. The first-order valence-corrected chi connectivity index (χ1v) is 9.77. The zero-order valence-electron chi connectivity index (χ0n) is 14.7. The van der Waals surface area contributed by atoms with E-state index in [0.29, 0.717) is 10.7 Å². The number of Topliss-reactive ketones (excluding diaryl/α,β-unsaturated/α-hetero) is 1. The van der Waals surface area contributed by atoms with Crippen LogP contribution in [0.15, 0.2) is 52.9 Å². The lowest BCUT2D eigenvalue weighted by Gasteiger charge is -2.08. The molecule has 134 valence electrons. The van der Waals surface area contributed by atoms with Crippen molar-refractivity contribution in [2.24, 2.45) is 0 Å². The number of ketones is 1. The van der Waals surface area contributed by atoms with Crippen LogP contribution in [0.25, 0.3) is 0 Å². The van der Waals surface area contributed by atoms with Crippen LogP contribution in [0.1, 0.15) is 22.8 Å². The number of hydrogen-bond donors (Lipinski definition) is 1. The Kier molecular flexibility index (Phi) is 5.90. The molecule has 0 spiro atoms. The maximum Gasteiger partial charge on any atom is 0.210 e. The summed E-state index contributed by atoms with van der Waals surface area (Å²) < 4.78 is 5.88. The number of carbonyl (C=O) groups is 1. The van der Waals surface area contributed by atoms with Crippen molar-refractivity contribution in [3.8, 4) is 5.75 Å². The average molecular weight is 386 g/mol. The van der Waals surface area contributed by atoms with Gasteiger partial charge in [0.05, 0.1) is 12.4 Å². The Bertz CT molecular complexity index is 877. The lowest BCUT2D eigenvalue weighted by atomic mass is 10.1. The van der Waals surface area contributed by atoms with Gasteiger partial charge in [0, 0.05) is 11.3 Å². The third kappa shape index (κ3) is 4.62. The number of carbonyl (C=O) groups excluding carboxylic acids is 1. The molecule has 0 amide bonds. The lowest BCUT2D eigenvalue weighted by molar-refractivity contribution is 0.0994. The second-order valence-corrected chi connectivity index (χ2v) is 8.28. The van der Waals surface area contributed by atoms with Gasteiger partial charge in [-0.05, 0) is 50.2 Å². The van der Waals surface area contributed by atoms with E-state index < -0.39 is 0 Å². The van der Waals surface area contributed by atoms with Gasteiger partial charge >= 0.3 is 0 Å². The molecule has 3 aromatic rings. The van der Waals surface area contributed by atoms with Crippen molar-refractivity contribution in [1.82, 2.24) is 10.2 Å². The van der Waals surface area contributed by atoms with Gasteiger partial charge in [-0.15, -0.1) is 10.2 Å². The van der Waals surface area contributed by atoms with Crippen LogP contribution in [-0.4, -0.2) is 28.3 Å². The molecule has 1 aromatic heterocycles. The summed E-state index contributed by atoms with van der Waals surface area (Å²) in [5.74, 6) is 0.790. The summed E-state index contributed by atoms with van der Waals surface area (Å²) in [6, 6.07) is 15.2. The molecule has 0 aliphatic heterocycles. The lowest BCUT2D eigenvalue weighted by Crippen LogP contribution is -2.13. The molecule has 2 aromatic carbocycles. The standard InChI is InChI=1S/C19H19N3O2S2/c1-12-4-8-15(9-5-12)20-18-21-22-19(26-18)25-13(2)17(23)14-6-10-16(24-3)11-7-14/h4-11,13H,1-3H3,(H,20,21)/t13-/m0/s1. The molecule has 0 aliphatic rings. The highest BCUT2D eigenvalue weighted by Crippen LogP contribution is 2.31. The van der Waals surface area contributed by atoms with Crippen LogP contribution in [0, 0.1) is 6.92 Å². The van der Waals surface area contributed by atoms with Gasteiger partial charge in [0.1, 0.15) is 5.75 Å². The summed E-state index contributed by atoms with van der Waals surface area (Å²) in [6.45, 7) is 3.93. The number of aromatic nitrogens is 2. The summed E-state index contributed by atoms with van der Waals surface area (Å²) in [5.41, 5.74) is 2.83. The molecule has 0 bridgehead atoms. The van der Waals surface area contributed by atoms with Gasteiger partial charge in [-0.25, -0.2) is 0 Å². The van der Waals surface area contributed by atoms with Gasteiger partial charge < -0.3 is 10.1 Å². The zero-order valence-corrected chi connectivity index (χ0v) is 16.4. The number of ether oxygens (including phenoxy) is 1. The molecule has 1 atom stereocenters. The van der Waals surface area contributed by atoms with E-state index in [4.69, 9.17) is 4.74 Å². The molecule has 1 N–H and O–H groups in total. The smallest absolute Gasteiger partial charge is 0.210 e. The van der Waals surface area contributed by atoms with Gasteiger partial charge in [-0.1, -0.05) is 40.8 Å². The van der Waals surface area contributed by atoms with Crippen LogP contribution in [0.5, 0.6) is 5.75 Å². The van der Waals surface area contributed by atoms with Crippen LogP contribution in [-0.2, 0) is 0 Å². The van der Waals surface area contributed by atoms with Gasteiger partial charge in [-0.2, -0.15) is 0 Å². The van der Waals surface area contributed by atoms with E-state index in [-0.39, 0.29) is 11.0 Å². The van der Waals surface area contributed by atoms with E-state index >= 15 is 0 Å². The quantitative estimate of drug-likeness (QED) is 0.458. The van der Waals surface area contributed by atoms with Gasteiger partial charge in [0.25, 0.3) is 0 Å². The highest BCUT2D eigenvalue weighted by molar-refractivity contribution is 8.02. The number of anilines is 2. The Hall–Kier alpha value is -2.38. The Morgan fingerprint density at radius 3 is 2.46 bits per heavy atom. The molecule has 26 heavy (non-hydrogen) atoms. The van der Waals surface area contributed by atoms with Crippen LogP contribution >= 0.6 is 23.1 Å². The minimum atomic E-state index is -0.247. The minimum absolute atomic E-state index is 0.0564. The van der Waals surface area contributed by atoms with Gasteiger partial charge in [-0.3, -0.25) is 4.79 Å². The predicted molar refractivity (Wildman–Crippen MR) is 107 cm³/mol. The number of aryl methyl sites for hydroxylation is 1. The summed E-state index contributed by atoms with van der Waals surface area (Å²) >= 11 is 2.85. The van der Waals surface area contributed by atoms with Crippen molar-refractivity contribution in [3.63, 3.8) is 0 Å². The van der Waals surface area contributed by atoms with Crippen LogP contribution < -0.4 is 10.1 Å². The van der Waals surface area contributed by atoms with Gasteiger partial charge in [0.2, 0.25) is 5.13 Å². The number of methoxy groups -OCH3 is 1. The van der Waals surface area contributed by atoms with E-state index in [1.54, 1.807) is 31.4 Å². The first-order valence-electron chi connectivity index (χ1n) is 8.07. The maximum absolute atomic E-state index is 12.6. The fraction of sp³-hybridized carbons (Fsp3) is 0.211. The van der Waals surface area contributed by atoms with Crippen LogP contribution in [0.3, 0.4) is 0 Å². The van der Waals surface area contributed by atoms with E-state index in [1.807, 2.05) is 38.1 Å². The number of benzene rings is 2. The first-order chi connectivity index (χ1) is 12.5. The normalized spacial score (nSPS) is 11.8. The molecule has 7 heteroatoms. The average Bonchev–Trinajstić information content (AvgIpc) is 3.10. The summed E-state index contributed by atoms with van der Waals surface area (Å²) in [7, 11) is 1.60.